The van der Waals surface area contributed by atoms with Crippen molar-refractivity contribution in [2.75, 3.05) is 19.8 Å². The van der Waals surface area contributed by atoms with E-state index in [0.29, 0.717) is 13.0 Å². The Hall–Kier alpha value is -1.14. The fourth-order valence-electron chi connectivity index (χ4n) is 1.46. The first-order valence-electron chi connectivity index (χ1n) is 5.62. The molecule has 1 rings (SSSR count). The molecule has 0 aromatic rings. The molecule has 1 fully saturated rings. The second-order valence-corrected chi connectivity index (χ2v) is 5.41. The molecule has 0 aliphatic carbocycles. The maximum Gasteiger partial charge on any atom is 0.309 e. The number of amides is 2. The molecule has 0 aromatic heterocycles. The molecule has 98 valence electrons. The van der Waals surface area contributed by atoms with Crippen molar-refractivity contribution in [2.24, 2.45) is 0 Å². The minimum atomic E-state index is -1.04. The van der Waals surface area contributed by atoms with Crippen LogP contribution in [0, 0.1) is 0 Å². The van der Waals surface area contributed by atoms with Crippen LogP contribution in [0.4, 0.5) is 0 Å². The van der Waals surface area contributed by atoms with Crippen LogP contribution in [0.25, 0.3) is 0 Å². The lowest BCUT2D eigenvalue weighted by atomic mass is 10.0. The molecule has 3 N–H and O–H groups in total. The van der Waals surface area contributed by atoms with Crippen molar-refractivity contribution in [3.05, 3.63) is 0 Å². The molecule has 1 aliphatic heterocycles. The fraction of sp³-hybridized carbons (Fsp3) is 0.818. The van der Waals surface area contributed by atoms with Gasteiger partial charge in [0.15, 0.2) is 0 Å². The van der Waals surface area contributed by atoms with Gasteiger partial charge in [0.2, 0.25) is 0 Å². The zero-order valence-electron chi connectivity index (χ0n) is 10.5. The monoisotopic (exact) mass is 244 g/mol. The molecule has 0 saturated carbocycles. The van der Waals surface area contributed by atoms with Gasteiger partial charge in [0.05, 0.1) is 6.61 Å². The van der Waals surface area contributed by atoms with E-state index in [9.17, 15) is 14.7 Å². The molecule has 0 bridgehead atoms. The number of aliphatic hydroxyl groups is 1. The molecule has 1 heterocycles. The molecule has 6 nitrogen and oxygen atoms in total. The summed E-state index contributed by atoms with van der Waals surface area (Å²) in [4.78, 5) is 22.9. The molecule has 0 radical (unpaired) electrons. The number of nitrogens with one attached hydrogen (secondary N) is 2. The first-order valence-corrected chi connectivity index (χ1v) is 5.62. The largest absolute Gasteiger partial charge is 0.386 e. The van der Waals surface area contributed by atoms with Crippen molar-refractivity contribution >= 4 is 11.8 Å². The van der Waals surface area contributed by atoms with Crippen LogP contribution in [0.15, 0.2) is 0 Å². The van der Waals surface area contributed by atoms with Crippen molar-refractivity contribution in [1.82, 2.24) is 10.6 Å². The SMILES string of the molecule is CC(C)(C)NC(=O)C(=O)NC[C@]1(O)CCOC1. The van der Waals surface area contributed by atoms with Crippen LogP contribution in [0.1, 0.15) is 27.2 Å². The van der Waals surface area contributed by atoms with Crippen LogP contribution in [0.2, 0.25) is 0 Å². The summed E-state index contributed by atoms with van der Waals surface area (Å²) in [5.41, 5.74) is -1.50. The second kappa shape index (κ2) is 5.01. The molecule has 0 aromatic carbocycles. The van der Waals surface area contributed by atoms with Crippen molar-refractivity contribution in [3.8, 4) is 0 Å². The molecule has 0 spiro atoms. The lowest BCUT2D eigenvalue weighted by Crippen LogP contribution is -2.51. The Balaban J connectivity index is 2.36. The Morgan fingerprint density at radius 2 is 2.00 bits per heavy atom. The Morgan fingerprint density at radius 1 is 1.35 bits per heavy atom. The summed E-state index contributed by atoms with van der Waals surface area (Å²) >= 11 is 0. The summed E-state index contributed by atoms with van der Waals surface area (Å²) < 4.78 is 5.03. The molecule has 17 heavy (non-hydrogen) atoms. The third-order valence-electron chi connectivity index (χ3n) is 2.36. The van der Waals surface area contributed by atoms with E-state index in [1.807, 2.05) is 0 Å². The van der Waals surface area contributed by atoms with Gasteiger partial charge in [-0.15, -0.1) is 0 Å². The average Bonchev–Trinajstić information content (AvgIpc) is 2.59. The quantitative estimate of drug-likeness (QED) is 0.553. The minimum Gasteiger partial charge on any atom is -0.386 e. The number of hydrogen-bond acceptors (Lipinski definition) is 4. The highest BCUT2D eigenvalue weighted by molar-refractivity contribution is 6.35. The van der Waals surface area contributed by atoms with Gasteiger partial charge in [0, 0.05) is 25.1 Å². The Bertz CT molecular complexity index is 303. The average molecular weight is 244 g/mol. The lowest BCUT2D eigenvalue weighted by Gasteiger charge is -2.22. The first kappa shape index (κ1) is 13.9. The van der Waals surface area contributed by atoms with Crippen LogP contribution in [-0.2, 0) is 14.3 Å². The van der Waals surface area contributed by atoms with Gasteiger partial charge in [-0.05, 0) is 20.8 Å². The fourth-order valence-corrected chi connectivity index (χ4v) is 1.46. The Labute approximate surface area is 101 Å². The molecule has 2 amide bonds. The predicted octanol–water partition coefficient (Wildman–Crippen LogP) is -0.831. The van der Waals surface area contributed by atoms with Gasteiger partial charge in [0.1, 0.15) is 5.60 Å². The van der Waals surface area contributed by atoms with Gasteiger partial charge in [-0.2, -0.15) is 0 Å². The number of carbonyl (C=O) groups excluding carboxylic acids is 2. The highest BCUT2D eigenvalue weighted by Crippen LogP contribution is 2.16. The standard InChI is InChI=1S/C11H20N2O4/c1-10(2,3)13-9(15)8(14)12-6-11(16)4-5-17-7-11/h16H,4-7H2,1-3H3,(H,12,14)(H,13,15)/t11-/m1/s1. The highest BCUT2D eigenvalue weighted by Gasteiger charge is 2.33. The van der Waals surface area contributed by atoms with Gasteiger partial charge in [-0.1, -0.05) is 0 Å². The smallest absolute Gasteiger partial charge is 0.309 e. The number of rotatable bonds is 2. The topological polar surface area (TPSA) is 87.7 Å². The van der Waals surface area contributed by atoms with Gasteiger partial charge in [-0.3, -0.25) is 9.59 Å². The molecular formula is C11H20N2O4. The Morgan fingerprint density at radius 3 is 2.47 bits per heavy atom. The summed E-state index contributed by atoms with van der Waals surface area (Å²) in [6.07, 6.45) is 0.466. The van der Waals surface area contributed by atoms with E-state index in [2.05, 4.69) is 10.6 Å². The summed E-state index contributed by atoms with van der Waals surface area (Å²) in [5, 5.41) is 14.8. The number of hydrogen-bond donors (Lipinski definition) is 3. The summed E-state index contributed by atoms with van der Waals surface area (Å²) in [6, 6.07) is 0. The Kier molecular flexibility index (Phi) is 4.11. The van der Waals surface area contributed by atoms with E-state index < -0.39 is 23.0 Å². The number of carbonyl (C=O) groups is 2. The molecule has 1 saturated heterocycles. The maximum absolute atomic E-state index is 11.4. The summed E-state index contributed by atoms with van der Waals surface area (Å²) in [7, 11) is 0. The minimum absolute atomic E-state index is 0.0311. The molecule has 6 heteroatoms. The molecule has 1 aliphatic rings. The number of ether oxygens (including phenoxy) is 1. The van der Waals surface area contributed by atoms with Crippen molar-refractivity contribution in [1.29, 1.82) is 0 Å². The molecule has 0 unspecified atom stereocenters. The zero-order valence-corrected chi connectivity index (χ0v) is 10.5. The third-order valence-corrected chi connectivity index (χ3v) is 2.36. The van der Waals surface area contributed by atoms with Gasteiger partial charge < -0.3 is 20.5 Å². The van der Waals surface area contributed by atoms with Crippen LogP contribution in [0.3, 0.4) is 0 Å². The van der Waals surface area contributed by atoms with E-state index >= 15 is 0 Å². The van der Waals surface area contributed by atoms with Crippen LogP contribution in [-0.4, -0.2) is 47.8 Å². The van der Waals surface area contributed by atoms with E-state index in [1.54, 1.807) is 20.8 Å². The highest BCUT2D eigenvalue weighted by atomic mass is 16.5. The predicted molar refractivity (Wildman–Crippen MR) is 61.3 cm³/mol. The second-order valence-electron chi connectivity index (χ2n) is 5.41. The maximum atomic E-state index is 11.4. The van der Waals surface area contributed by atoms with E-state index in [1.165, 1.54) is 0 Å². The third kappa shape index (κ3) is 4.70. The van der Waals surface area contributed by atoms with Gasteiger partial charge in [0.25, 0.3) is 0 Å². The lowest BCUT2D eigenvalue weighted by molar-refractivity contribution is -0.140. The molecular weight excluding hydrogens is 224 g/mol. The normalized spacial score (nSPS) is 24.5. The van der Waals surface area contributed by atoms with E-state index in [0.717, 1.165) is 0 Å². The zero-order chi connectivity index (χ0) is 13.1. The van der Waals surface area contributed by atoms with Crippen LogP contribution < -0.4 is 10.6 Å². The van der Waals surface area contributed by atoms with Crippen molar-refractivity contribution < 1.29 is 19.4 Å². The summed E-state index contributed by atoms with van der Waals surface area (Å²) in [6.45, 7) is 6.06. The van der Waals surface area contributed by atoms with Crippen molar-refractivity contribution in [3.63, 3.8) is 0 Å². The van der Waals surface area contributed by atoms with Crippen molar-refractivity contribution in [2.45, 2.75) is 38.3 Å². The van der Waals surface area contributed by atoms with Gasteiger partial charge in [-0.25, -0.2) is 0 Å². The van der Waals surface area contributed by atoms with Crippen LogP contribution >= 0.6 is 0 Å². The van der Waals surface area contributed by atoms with Gasteiger partial charge >= 0.3 is 11.8 Å². The summed E-state index contributed by atoms with van der Waals surface area (Å²) in [5.74, 6) is -1.43. The van der Waals surface area contributed by atoms with E-state index in [-0.39, 0.29) is 13.2 Å². The van der Waals surface area contributed by atoms with Crippen LogP contribution in [0.5, 0.6) is 0 Å². The first-order chi connectivity index (χ1) is 7.72. The molecule has 1 atom stereocenters. The van der Waals surface area contributed by atoms with E-state index in [4.69, 9.17) is 4.74 Å².